The number of hydrogen-bond acceptors (Lipinski definition) is 3. The first kappa shape index (κ1) is 20.0. The van der Waals surface area contributed by atoms with Crippen LogP contribution in [0.3, 0.4) is 0 Å². The zero-order valence-electron chi connectivity index (χ0n) is 16.2. The number of nitrogens with one attached hydrogen (secondary N) is 2. The number of amides is 1. The minimum absolute atomic E-state index is 0.327. The van der Waals surface area contributed by atoms with E-state index >= 15 is 0 Å². The molecule has 0 spiro atoms. The van der Waals surface area contributed by atoms with Gasteiger partial charge in [-0.2, -0.15) is 10.2 Å². The van der Waals surface area contributed by atoms with Crippen LogP contribution in [0.15, 0.2) is 64.2 Å². The van der Waals surface area contributed by atoms with Crippen LogP contribution in [-0.4, -0.2) is 21.8 Å². The SMILES string of the molecule is CC(=NNC(=O)c1cc(-c2ccc(CC(C)C)cc2)n[nH]1)c1ccc(Br)cc1. The highest BCUT2D eigenvalue weighted by atomic mass is 79.9. The number of hydrazone groups is 1. The van der Waals surface area contributed by atoms with E-state index in [0.717, 1.165) is 33.4 Å². The summed E-state index contributed by atoms with van der Waals surface area (Å²) in [4.78, 5) is 12.4. The van der Waals surface area contributed by atoms with E-state index in [1.807, 2.05) is 43.3 Å². The third-order valence-corrected chi connectivity index (χ3v) is 4.83. The fraction of sp³-hybridized carbons (Fsp3) is 0.227. The summed E-state index contributed by atoms with van der Waals surface area (Å²) in [6.07, 6.45) is 1.05. The zero-order valence-corrected chi connectivity index (χ0v) is 17.7. The number of rotatable bonds is 6. The lowest BCUT2D eigenvalue weighted by molar-refractivity contribution is 0.0950. The first-order chi connectivity index (χ1) is 13.4. The van der Waals surface area contributed by atoms with Gasteiger partial charge in [-0.15, -0.1) is 0 Å². The number of aromatic nitrogens is 2. The van der Waals surface area contributed by atoms with E-state index in [9.17, 15) is 4.79 Å². The van der Waals surface area contributed by atoms with Crippen molar-refractivity contribution in [1.82, 2.24) is 15.6 Å². The third-order valence-electron chi connectivity index (χ3n) is 4.30. The van der Waals surface area contributed by atoms with Crippen LogP contribution in [-0.2, 0) is 6.42 Å². The van der Waals surface area contributed by atoms with Crippen molar-refractivity contribution in [3.05, 3.63) is 75.9 Å². The van der Waals surface area contributed by atoms with E-state index in [-0.39, 0.29) is 5.91 Å². The summed E-state index contributed by atoms with van der Waals surface area (Å²) >= 11 is 3.40. The Balaban J connectivity index is 1.66. The van der Waals surface area contributed by atoms with Gasteiger partial charge in [0.2, 0.25) is 0 Å². The van der Waals surface area contributed by atoms with Gasteiger partial charge in [0.05, 0.1) is 11.4 Å². The van der Waals surface area contributed by atoms with Gasteiger partial charge in [0.25, 0.3) is 5.91 Å². The molecule has 0 fully saturated rings. The Morgan fingerprint density at radius 1 is 1.14 bits per heavy atom. The number of halogens is 1. The molecule has 3 rings (SSSR count). The average molecular weight is 439 g/mol. The molecule has 1 heterocycles. The van der Waals surface area contributed by atoms with Crippen molar-refractivity contribution in [3.63, 3.8) is 0 Å². The van der Waals surface area contributed by atoms with Crippen LogP contribution in [0.4, 0.5) is 0 Å². The zero-order chi connectivity index (χ0) is 20.1. The third kappa shape index (κ3) is 5.16. The lowest BCUT2D eigenvalue weighted by Crippen LogP contribution is -2.19. The molecule has 144 valence electrons. The standard InChI is InChI=1S/C22H23BrN4O/c1-14(2)12-16-4-6-18(7-5-16)20-13-21(26-25-20)22(28)27-24-15(3)17-8-10-19(23)11-9-17/h4-11,13-14H,12H2,1-3H3,(H,25,26)(H,27,28). The van der Waals surface area contributed by atoms with Crippen molar-refractivity contribution in [2.75, 3.05) is 0 Å². The van der Waals surface area contributed by atoms with Gasteiger partial charge in [0.1, 0.15) is 5.69 Å². The van der Waals surface area contributed by atoms with E-state index in [1.54, 1.807) is 6.07 Å². The average Bonchev–Trinajstić information content (AvgIpc) is 3.17. The number of hydrogen-bond donors (Lipinski definition) is 2. The maximum Gasteiger partial charge on any atom is 0.289 e. The highest BCUT2D eigenvalue weighted by Gasteiger charge is 2.11. The van der Waals surface area contributed by atoms with E-state index in [1.165, 1.54) is 5.56 Å². The van der Waals surface area contributed by atoms with Crippen LogP contribution in [0.5, 0.6) is 0 Å². The molecule has 2 aromatic carbocycles. The summed E-state index contributed by atoms with van der Waals surface area (Å²) in [7, 11) is 0. The number of aromatic amines is 1. The van der Waals surface area contributed by atoms with Gasteiger partial charge in [0, 0.05) is 10.0 Å². The molecular formula is C22H23BrN4O. The highest BCUT2D eigenvalue weighted by Crippen LogP contribution is 2.19. The minimum atomic E-state index is -0.327. The van der Waals surface area contributed by atoms with E-state index in [4.69, 9.17) is 0 Å². The lowest BCUT2D eigenvalue weighted by Gasteiger charge is -2.05. The van der Waals surface area contributed by atoms with Crippen molar-refractivity contribution in [1.29, 1.82) is 0 Å². The Morgan fingerprint density at radius 2 is 1.82 bits per heavy atom. The Morgan fingerprint density at radius 3 is 2.46 bits per heavy atom. The number of nitrogens with zero attached hydrogens (tertiary/aromatic N) is 2. The highest BCUT2D eigenvalue weighted by molar-refractivity contribution is 9.10. The van der Waals surface area contributed by atoms with Crippen LogP contribution in [0.25, 0.3) is 11.3 Å². The fourth-order valence-electron chi connectivity index (χ4n) is 2.82. The normalized spacial score (nSPS) is 11.7. The molecule has 0 aliphatic heterocycles. The minimum Gasteiger partial charge on any atom is -0.272 e. The Hall–Kier alpha value is -2.73. The second-order valence-corrected chi connectivity index (χ2v) is 8.02. The molecule has 0 bridgehead atoms. The monoisotopic (exact) mass is 438 g/mol. The van der Waals surface area contributed by atoms with E-state index in [2.05, 4.69) is 62.6 Å². The van der Waals surface area contributed by atoms with E-state index < -0.39 is 0 Å². The topological polar surface area (TPSA) is 70.1 Å². The van der Waals surface area contributed by atoms with Crippen LogP contribution < -0.4 is 5.43 Å². The predicted molar refractivity (Wildman–Crippen MR) is 116 cm³/mol. The Bertz CT molecular complexity index is 973. The predicted octanol–water partition coefficient (Wildman–Crippen LogP) is 5.19. The summed E-state index contributed by atoms with van der Waals surface area (Å²) < 4.78 is 0.996. The van der Waals surface area contributed by atoms with Gasteiger partial charge < -0.3 is 0 Å². The Labute approximate surface area is 173 Å². The number of H-pyrrole nitrogens is 1. The first-order valence-corrected chi connectivity index (χ1v) is 9.97. The summed E-state index contributed by atoms with van der Waals surface area (Å²) in [5.41, 5.74) is 7.60. The van der Waals surface area contributed by atoms with Gasteiger partial charge >= 0.3 is 0 Å². The maximum atomic E-state index is 12.4. The molecule has 5 nitrogen and oxygen atoms in total. The molecular weight excluding hydrogens is 416 g/mol. The van der Waals surface area contributed by atoms with Crippen molar-refractivity contribution in [2.24, 2.45) is 11.0 Å². The molecule has 28 heavy (non-hydrogen) atoms. The van der Waals surface area contributed by atoms with Crippen molar-refractivity contribution >= 4 is 27.5 Å². The summed E-state index contributed by atoms with van der Waals surface area (Å²) in [6.45, 7) is 6.25. The van der Waals surface area contributed by atoms with Gasteiger partial charge in [-0.05, 0) is 48.6 Å². The summed E-state index contributed by atoms with van der Waals surface area (Å²) in [5, 5.41) is 11.2. The van der Waals surface area contributed by atoms with Crippen LogP contribution in [0.1, 0.15) is 42.4 Å². The Kier molecular flexibility index (Phi) is 6.41. The molecule has 1 aromatic heterocycles. The van der Waals surface area contributed by atoms with Gasteiger partial charge in [-0.3, -0.25) is 9.89 Å². The fourth-order valence-corrected chi connectivity index (χ4v) is 3.08. The van der Waals surface area contributed by atoms with Gasteiger partial charge in [-0.1, -0.05) is 66.2 Å². The number of carbonyl (C=O) groups excluding carboxylic acids is 1. The maximum absolute atomic E-state index is 12.4. The first-order valence-electron chi connectivity index (χ1n) is 9.17. The van der Waals surface area contributed by atoms with Crippen LogP contribution in [0.2, 0.25) is 0 Å². The molecule has 3 aromatic rings. The van der Waals surface area contributed by atoms with Crippen molar-refractivity contribution in [3.8, 4) is 11.3 Å². The van der Waals surface area contributed by atoms with Gasteiger partial charge in [-0.25, -0.2) is 5.43 Å². The van der Waals surface area contributed by atoms with Crippen LogP contribution in [0, 0.1) is 5.92 Å². The molecule has 0 saturated carbocycles. The quantitative estimate of drug-likeness (QED) is 0.410. The molecule has 6 heteroatoms. The lowest BCUT2D eigenvalue weighted by atomic mass is 10.0. The molecule has 0 radical (unpaired) electrons. The summed E-state index contributed by atoms with van der Waals surface area (Å²) in [6, 6.07) is 17.8. The molecule has 0 aliphatic rings. The second-order valence-electron chi connectivity index (χ2n) is 7.11. The smallest absolute Gasteiger partial charge is 0.272 e. The molecule has 0 atom stereocenters. The molecule has 0 aliphatic carbocycles. The molecule has 2 N–H and O–H groups in total. The van der Waals surface area contributed by atoms with E-state index in [0.29, 0.717) is 11.6 Å². The number of carbonyl (C=O) groups is 1. The molecule has 0 saturated heterocycles. The van der Waals surface area contributed by atoms with Crippen LogP contribution >= 0.6 is 15.9 Å². The van der Waals surface area contributed by atoms with Crippen molar-refractivity contribution < 1.29 is 4.79 Å². The van der Waals surface area contributed by atoms with Gasteiger partial charge in [0.15, 0.2) is 0 Å². The summed E-state index contributed by atoms with van der Waals surface area (Å²) in [5.74, 6) is 0.291. The second kappa shape index (κ2) is 8.97. The number of benzene rings is 2. The molecule has 1 amide bonds. The van der Waals surface area contributed by atoms with Crippen molar-refractivity contribution in [2.45, 2.75) is 27.2 Å². The molecule has 0 unspecified atom stereocenters. The largest absolute Gasteiger partial charge is 0.289 e.